The normalized spacial score (nSPS) is 10.5. The maximum absolute atomic E-state index is 12.3. The highest BCUT2D eigenvalue weighted by atomic mass is 16.2. The average Bonchev–Trinajstić information content (AvgIpc) is 3.10. The highest BCUT2D eigenvalue weighted by Crippen LogP contribution is 2.21. The Balaban J connectivity index is 2.03. The molecule has 0 unspecified atom stereocenters. The van der Waals surface area contributed by atoms with Gasteiger partial charge in [0.2, 0.25) is 0 Å². The smallest absolute Gasteiger partial charge is 0.292 e. The van der Waals surface area contributed by atoms with Crippen molar-refractivity contribution in [2.75, 3.05) is 11.2 Å². The minimum Gasteiger partial charge on any atom is -0.336 e. The van der Waals surface area contributed by atoms with Crippen molar-refractivity contribution in [3.8, 4) is 11.3 Å². The summed E-state index contributed by atoms with van der Waals surface area (Å²) in [7, 11) is 0. The number of rotatable bonds is 3. The first-order valence-electron chi connectivity index (χ1n) is 6.96. The molecule has 0 aliphatic heterocycles. The van der Waals surface area contributed by atoms with Crippen LogP contribution in [-0.2, 0) is 0 Å². The molecule has 0 spiro atoms. The van der Waals surface area contributed by atoms with Crippen molar-refractivity contribution >= 4 is 11.6 Å². The SMILES string of the molecule is Cc1c(-c2ccn[nH]2)cc(NC(=O)c2ccccc2)c(=O)n1N. The Bertz CT molecular complexity index is 898. The molecule has 1 amide bonds. The third-order valence-electron chi connectivity index (χ3n) is 3.56. The van der Waals surface area contributed by atoms with Crippen molar-refractivity contribution in [2.24, 2.45) is 0 Å². The highest BCUT2D eigenvalue weighted by Gasteiger charge is 2.15. The molecule has 3 rings (SSSR count). The van der Waals surface area contributed by atoms with Crippen LogP contribution in [0.25, 0.3) is 11.3 Å². The van der Waals surface area contributed by atoms with Gasteiger partial charge in [-0.1, -0.05) is 18.2 Å². The molecule has 4 N–H and O–H groups in total. The molecular formula is C16H15N5O2. The van der Waals surface area contributed by atoms with Crippen LogP contribution < -0.4 is 16.7 Å². The van der Waals surface area contributed by atoms with Gasteiger partial charge in [-0.2, -0.15) is 5.10 Å². The van der Waals surface area contributed by atoms with Gasteiger partial charge in [-0.05, 0) is 31.2 Å². The molecule has 0 radical (unpaired) electrons. The van der Waals surface area contributed by atoms with Crippen LogP contribution in [-0.4, -0.2) is 20.8 Å². The molecular weight excluding hydrogens is 294 g/mol. The minimum atomic E-state index is -0.477. The second-order valence-corrected chi connectivity index (χ2v) is 5.02. The number of anilines is 1. The van der Waals surface area contributed by atoms with Crippen molar-refractivity contribution in [1.82, 2.24) is 14.9 Å². The summed E-state index contributed by atoms with van der Waals surface area (Å²) in [5.41, 5.74) is 2.05. The molecule has 0 aliphatic rings. The van der Waals surface area contributed by atoms with Crippen molar-refractivity contribution in [3.05, 3.63) is 70.3 Å². The molecule has 0 aliphatic carbocycles. The predicted octanol–water partition coefficient (Wildman–Crippen LogP) is 1.51. The largest absolute Gasteiger partial charge is 0.336 e. The van der Waals surface area contributed by atoms with E-state index in [9.17, 15) is 9.59 Å². The van der Waals surface area contributed by atoms with E-state index in [-0.39, 0.29) is 11.6 Å². The van der Waals surface area contributed by atoms with Gasteiger partial charge in [-0.3, -0.25) is 14.7 Å². The number of nitrogen functional groups attached to an aromatic ring is 1. The van der Waals surface area contributed by atoms with Crippen molar-refractivity contribution in [3.63, 3.8) is 0 Å². The van der Waals surface area contributed by atoms with E-state index in [4.69, 9.17) is 5.84 Å². The van der Waals surface area contributed by atoms with Gasteiger partial charge >= 0.3 is 0 Å². The fourth-order valence-corrected chi connectivity index (χ4v) is 2.27. The summed E-state index contributed by atoms with van der Waals surface area (Å²) >= 11 is 0. The standard InChI is InChI=1S/C16H15N5O2/c1-10-12(13-7-8-18-20-13)9-14(16(23)21(10)17)19-15(22)11-5-3-2-4-6-11/h2-9H,17H2,1H3,(H,18,20)(H,19,22). The Labute approximate surface area is 131 Å². The lowest BCUT2D eigenvalue weighted by molar-refractivity contribution is 0.102. The third-order valence-corrected chi connectivity index (χ3v) is 3.56. The summed E-state index contributed by atoms with van der Waals surface area (Å²) < 4.78 is 1.01. The van der Waals surface area contributed by atoms with Gasteiger partial charge < -0.3 is 11.2 Å². The second kappa shape index (κ2) is 5.80. The number of pyridine rings is 1. The number of nitrogens with one attached hydrogen (secondary N) is 2. The first-order chi connectivity index (χ1) is 11.1. The Kier molecular flexibility index (Phi) is 3.68. The molecule has 7 nitrogen and oxygen atoms in total. The summed E-state index contributed by atoms with van der Waals surface area (Å²) in [6, 6.07) is 12.0. The minimum absolute atomic E-state index is 0.108. The Morgan fingerprint density at radius 2 is 2.00 bits per heavy atom. The van der Waals surface area contributed by atoms with E-state index >= 15 is 0 Å². The quantitative estimate of drug-likeness (QED) is 0.638. The number of hydrogen-bond acceptors (Lipinski definition) is 4. The predicted molar refractivity (Wildman–Crippen MR) is 87.6 cm³/mol. The molecule has 2 heterocycles. The lowest BCUT2D eigenvalue weighted by Crippen LogP contribution is -2.32. The monoisotopic (exact) mass is 309 g/mol. The number of amides is 1. The molecule has 0 bridgehead atoms. The summed E-state index contributed by atoms with van der Waals surface area (Å²) in [4.78, 5) is 24.5. The van der Waals surface area contributed by atoms with E-state index in [0.717, 1.165) is 4.68 Å². The Morgan fingerprint density at radius 1 is 1.26 bits per heavy atom. The average molecular weight is 309 g/mol. The number of carbonyl (C=O) groups is 1. The van der Waals surface area contributed by atoms with Gasteiger partial charge in [0.25, 0.3) is 11.5 Å². The van der Waals surface area contributed by atoms with Crippen LogP contribution in [0.4, 0.5) is 5.69 Å². The van der Waals surface area contributed by atoms with Gasteiger partial charge in [0.1, 0.15) is 5.69 Å². The first kappa shape index (κ1) is 14.6. The molecule has 0 fully saturated rings. The van der Waals surface area contributed by atoms with Crippen LogP contribution in [0, 0.1) is 6.92 Å². The van der Waals surface area contributed by atoms with Crippen LogP contribution in [0.3, 0.4) is 0 Å². The Hall–Kier alpha value is -3.35. The number of H-pyrrole nitrogens is 1. The molecule has 1 aromatic carbocycles. The molecule has 3 aromatic rings. The number of nitrogens with zero attached hydrogens (tertiary/aromatic N) is 2. The highest BCUT2D eigenvalue weighted by molar-refractivity contribution is 6.04. The number of aromatic amines is 1. The summed E-state index contributed by atoms with van der Waals surface area (Å²) in [5, 5.41) is 9.32. The lowest BCUT2D eigenvalue weighted by Gasteiger charge is -2.12. The topological polar surface area (TPSA) is 106 Å². The summed E-state index contributed by atoms with van der Waals surface area (Å²) in [6.07, 6.45) is 1.60. The van der Waals surface area contributed by atoms with Gasteiger partial charge in [-0.15, -0.1) is 0 Å². The first-order valence-corrected chi connectivity index (χ1v) is 6.96. The van der Waals surface area contributed by atoms with Crippen LogP contribution in [0.5, 0.6) is 0 Å². The zero-order valence-electron chi connectivity index (χ0n) is 12.4. The fraction of sp³-hybridized carbons (Fsp3) is 0.0625. The van der Waals surface area contributed by atoms with Crippen LogP contribution in [0.2, 0.25) is 0 Å². The number of nitrogens with two attached hydrogens (primary N) is 1. The molecule has 7 heteroatoms. The zero-order valence-corrected chi connectivity index (χ0v) is 12.4. The van der Waals surface area contributed by atoms with E-state index in [1.165, 1.54) is 0 Å². The van der Waals surface area contributed by atoms with E-state index < -0.39 is 5.56 Å². The van der Waals surface area contributed by atoms with Gasteiger partial charge in [0, 0.05) is 23.0 Å². The number of carbonyl (C=O) groups excluding carboxylic acids is 1. The van der Waals surface area contributed by atoms with Gasteiger partial charge in [0.05, 0.1) is 5.69 Å². The fourth-order valence-electron chi connectivity index (χ4n) is 2.27. The van der Waals surface area contributed by atoms with Crippen LogP contribution in [0.1, 0.15) is 16.1 Å². The van der Waals surface area contributed by atoms with Crippen molar-refractivity contribution in [2.45, 2.75) is 6.92 Å². The Morgan fingerprint density at radius 3 is 2.65 bits per heavy atom. The summed E-state index contributed by atoms with van der Waals surface area (Å²) in [5.74, 6) is 5.45. The molecule has 2 aromatic heterocycles. The number of hydrogen-bond donors (Lipinski definition) is 3. The second-order valence-electron chi connectivity index (χ2n) is 5.02. The number of aromatic nitrogens is 3. The van der Waals surface area contributed by atoms with Crippen LogP contribution in [0.15, 0.2) is 53.5 Å². The third kappa shape index (κ3) is 2.71. The maximum Gasteiger partial charge on any atom is 0.292 e. The van der Waals surface area contributed by atoms with E-state index in [1.54, 1.807) is 49.5 Å². The lowest BCUT2D eigenvalue weighted by atomic mass is 10.1. The van der Waals surface area contributed by atoms with Gasteiger partial charge in [0.15, 0.2) is 0 Å². The zero-order chi connectivity index (χ0) is 16.4. The summed E-state index contributed by atoms with van der Waals surface area (Å²) in [6.45, 7) is 1.72. The molecule has 0 atom stereocenters. The van der Waals surface area contributed by atoms with E-state index in [1.807, 2.05) is 6.07 Å². The van der Waals surface area contributed by atoms with Crippen molar-refractivity contribution in [1.29, 1.82) is 0 Å². The maximum atomic E-state index is 12.3. The van der Waals surface area contributed by atoms with Crippen LogP contribution >= 0.6 is 0 Å². The number of benzene rings is 1. The van der Waals surface area contributed by atoms with Crippen molar-refractivity contribution < 1.29 is 4.79 Å². The molecule has 0 saturated heterocycles. The van der Waals surface area contributed by atoms with Gasteiger partial charge in [-0.25, -0.2) is 4.68 Å². The molecule has 23 heavy (non-hydrogen) atoms. The molecule has 0 saturated carbocycles. The van der Waals surface area contributed by atoms with E-state index in [2.05, 4.69) is 15.5 Å². The molecule has 116 valence electrons. The van der Waals surface area contributed by atoms with E-state index in [0.29, 0.717) is 22.5 Å².